The number of methoxy groups -OCH3 is 1. The molecule has 15 heavy (non-hydrogen) atoms. The summed E-state index contributed by atoms with van der Waals surface area (Å²) in [5.41, 5.74) is -0.0679. The van der Waals surface area contributed by atoms with Crippen LogP contribution in [0, 0.1) is 13.8 Å². The first-order valence-corrected chi connectivity index (χ1v) is 4.24. The maximum Gasteiger partial charge on any atom is 0.345 e. The summed E-state index contributed by atoms with van der Waals surface area (Å²) >= 11 is 0. The fourth-order valence-corrected chi connectivity index (χ4v) is 1.29. The minimum absolute atomic E-state index is 0.130. The van der Waals surface area contributed by atoms with Gasteiger partial charge in [0.1, 0.15) is 22.8 Å². The molecule has 0 aliphatic rings. The lowest BCUT2D eigenvalue weighted by Gasteiger charge is -2.12. The van der Waals surface area contributed by atoms with Crippen LogP contribution >= 0.6 is 0 Å². The van der Waals surface area contributed by atoms with Crippen molar-refractivity contribution in [3.63, 3.8) is 0 Å². The average molecular weight is 212 g/mol. The highest BCUT2D eigenvalue weighted by Crippen LogP contribution is 2.40. The van der Waals surface area contributed by atoms with E-state index in [1.165, 1.54) is 13.8 Å². The van der Waals surface area contributed by atoms with E-state index < -0.39 is 17.5 Å². The third kappa shape index (κ3) is 1.56. The highest BCUT2D eigenvalue weighted by atomic mass is 16.5. The molecule has 0 aliphatic heterocycles. The van der Waals surface area contributed by atoms with Crippen molar-refractivity contribution in [2.45, 2.75) is 13.8 Å². The van der Waals surface area contributed by atoms with Crippen molar-refractivity contribution in [2.75, 3.05) is 7.11 Å². The summed E-state index contributed by atoms with van der Waals surface area (Å²) in [4.78, 5) is 11.2. The van der Waals surface area contributed by atoms with E-state index in [1.807, 2.05) is 0 Å². The van der Waals surface area contributed by atoms with Gasteiger partial charge in [0.25, 0.3) is 0 Å². The molecule has 0 aromatic heterocycles. The van der Waals surface area contributed by atoms with Crippen LogP contribution in [0.2, 0.25) is 0 Å². The van der Waals surface area contributed by atoms with E-state index in [4.69, 9.17) is 0 Å². The molecule has 0 fully saturated rings. The number of carbonyl (C=O) groups is 1. The normalized spacial score (nSPS) is 10.1. The lowest BCUT2D eigenvalue weighted by molar-refractivity contribution is 0.0593. The first-order chi connectivity index (χ1) is 6.91. The summed E-state index contributed by atoms with van der Waals surface area (Å²) in [5, 5.41) is 28.6. The summed E-state index contributed by atoms with van der Waals surface area (Å²) in [5.74, 6) is -2.03. The van der Waals surface area contributed by atoms with Crippen LogP contribution in [-0.2, 0) is 4.74 Å². The molecule has 0 radical (unpaired) electrons. The first-order valence-electron chi connectivity index (χ1n) is 4.24. The Hall–Kier alpha value is -1.91. The van der Waals surface area contributed by atoms with Gasteiger partial charge in [-0.05, 0) is 13.8 Å². The van der Waals surface area contributed by atoms with Crippen molar-refractivity contribution < 1.29 is 24.9 Å². The molecule has 0 bridgehead atoms. The number of hydrogen-bond donors (Lipinski definition) is 3. The Labute approximate surface area is 86.5 Å². The van der Waals surface area contributed by atoms with E-state index in [9.17, 15) is 20.1 Å². The van der Waals surface area contributed by atoms with Crippen molar-refractivity contribution in [1.82, 2.24) is 0 Å². The molecule has 0 aliphatic carbocycles. The zero-order valence-corrected chi connectivity index (χ0v) is 8.66. The number of hydrogen-bond acceptors (Lipinski definition) is 5. The number of rotatable bonds is 1. The second kappa shape index (κ2) is 3.68. The second-order valence-electron chi connectivity index (χ2n) is 3.16. The third-order valence-corrected chi connectivity index (χ3v) is 2.28. The summed E-state index contributed by atoms with van der Waals surface area (Å²) in [7, 11) is 1.14. The topological polar surface area (TPSA) is 87.0 Å². The van der Waals surface area contributed by atoms with Gasteiger partial charge in [0, 0.05) is 11.1 Å². The second-order valence-corrected chi connectivity index (χ2v) is 3.16. The van der Waals surface area contributed by atoms with Crippen LogP contribution in [0.4, 0.5) is 0 Å². The zero-order valence-electron chi connectivity index (χ0n) is 8.66. The average Bonchev–Trinajstić information content (AvgIpc) is 2.23. The first kappa shape index (κ1) is 11.2. The van der Waals surface area contributed by atoms with Crippen molar-refractivity contribution in [3.05, 3.63) is 16.7 Å². The number of carbonyl (C=O) groups excluding carboxylic acids is 1. The molecule has 0 atom stereocenters. The number of esters is 1. The molecule has 0 heterocycles. The third-order valence-electron chi connectivity index (χ3n) is 2.28. The number of aromatic hydroxyl groups is 3. The number of ether oxygens (including phenoxy) is 1. The van der Waals surface area contributed by atoms with Gasteiger partial charge in [-0.25, -0.2) is 4.79 Å². The van der Waals surface area contributed by atoms with Gasteiger partial charge in [-0.3, -0.25) is 0 Å². The molecule has 0 unspecified atom stereocenters. The van der Waals surface area contributed by atoms with Crippen LogP contribution in [-0.4, -0.2) is 28.4 Å². The van der Waals surface area contributed by atoms with Gasteiger partial charge in [-0.15, -0.1) is 0 Å². The lowest BCUT2D eigenvalue weighted by atomic mass is 10.0. The quantitative estimate of drug-likeness (QED) is 0.609. The van der Waals surface area contributed by atoms with Crippen molar-refractivity contribution >= 4 is 5.97 Å². The number of phenolic OH excluding ortho intramolecular Hbond substituents is 3. The SMILES string of the molecule is COC(=O)c1c(O)c(C)c(O)c(C)c1O. The highest BCUT2D eigenvalue weighted by molar-refractivity contribution is 5.97. The Morgan fingerprint density at radius 3 is 1.73 bits per heavy atom. The summed E-state index contributed by atoms with van der Waals surface area (Å²) < 4.78 is 4.41. The molecule has 0 amide bonds. The van der Waals surface area contributed by atoms with E-state index in [0.29, 0.717) is 0 Å². The van der Waals surface area contributed by atoms with Crippen LogP contribution in [0.1, 0.15) is 21.5 Å². The van der Waals surface area contributed by atoms with Gasteiger partial charge in [-0.1, -0.05) is 0 Å². The van der Waals surface area contributed by atoms with Crippen molar-refractivity contribution in [3.8, 4) is 17.2 Å². The molecule has 5 nitrogen and oxygen atoms in total. The molecule has 0 saturated carbocycles. The molecule has 82 valence electrons. The fourth-order valence-electron chi connectivity index (χ4n) is 1.29. The van der Waals surface area contributed by atoms with Gasteiger partial charge < -0.3 is 20.1 Å². The molecule has 5 heteroatoms. The van der Waals surface area contributed by atoms with Crippen LogP contribution in [0.3, 0.4) is 0 Å². The molecule has 3 N–H and O–H groups in total. The van der Waals surface area contributed by atoms with Crippen LogP contribution in [0.15, 0.2) is 0 Å². The standard InChI is InChI=1S/C10H12O5/c1-4-7(11)5(2)9(13)6(8(4)12)10(14)15-3/h11-13H,1-3H3. The van der Waals surface area contributed by atoms with E-state index in [0.717, 1.165) is 7.11 Å². The predicted octanol–water partition coefficient (Wildman–Crippen LogP) is 1.21. The molecule has 1 aromatic carbocycles. The van der Waals surface area contributed by atoms with Gasteiger partial charge >= 0.3 is 5.97 Å². The Bertz CT molecular complexity index is 393. The zero-order chi connectivity index (χ0) is 11.7. The molecular weight excluding hydrogens is 200 g/mol. The minimum atomic E-state index is -0.851. The van der Waals surface area contributed by atoms with E-state index in [1.54, 1.807) is 0 Å². The maximum absolute atomic E-state index is 11.2. The highest BCUT2D eigenvalue weighted by Gasteiger charge is 2.24. The van der Waals surface area contributed by atoms with E-state index in [2.05, 4.69) is 4.74 Å². The van der Waals surface area contributed by atoms with Crippen LogP contribution in [0.5, 0.6) is 17.2 Å². The summed E-state index contributed by atoms with van der Waals surface area (Å²) in [6.07, 6.45) is 0. The van der Waals surface area contributed by atoms with Crippen LogP contribution in [0.25, 0.3) is 0 Å². The van der Waals surface area contributed by atoms with Crippen LogP contribution < -0.4 is 0 Å². The van der Waals surface area contributed by atoms with E-state index >= 15 is 0 Å². The Kier molecular flexibility index (Phi) is 2.74. The number of benzene rings is 1. The summed E-state index contributed by atoms with van der Waals surface area (Å²) in [6.45, 7) is 2.87. The maximum atomic E-state index is 11.2. The van der Waals surface area contributed by atoms with Gasteiger partial charge in [-0.2, -0.15) is 0 Å². The monoisotopic (exact) mass is 212 g/mol. The van der Waals surface area contributed by atoms with Gasteiger partial charge in [0.15, 0.2) is 0 Å². The Morgan fingerprint density at radius 1 is 1.00 bits per heavy atom. The van der Waals surface area contributed by atoms with Crippen molar-refractivity contribution in [2.24, 2.45) is 0 Å². The minimum Gasteiger partial charge on any atom is -0.507 e. The lowest BCUT2D eigenvalue weighted by Crippen LogP contribution is -2.04. The van der Waals surface area contributed by atoms with Gasteiger partial charge in [0.05, 0.1) is 7.11 Å². The molecular formula is C10H12O5. The number of phenols is 3. The predicted molar refractivity (Wildman–Crippen MR) is 52.2 cm³/mol. The van der Waals surface area contributed by atoms with Gasteiger partial charge in [0.2, 0.25) is 0 Å². The molecule has 0 saturated heterocycles. The Morgan fingerprint density at radius 2 is 1.40 bits per heavy atom. The molecule has 0 spiro atoms. The fraction of sp³-hybridized carbons (Fsp3) is 0.300. The Balaban J connectivity index is 3.60. The summed E-state index contributed by atoms with van der Waals surface area (Å²) in [6, 6.07) is 0. The molecule has 1 rings (SSSR count). The van der Waals surface area contributed by atoms with E-state index in [-0.39, 0.29) is 22.4 Å². The smallest absolute Gasteiger partial charge is 0.345 e. The van der Waals surface area contributed by atoms with Crippen molar-refractivity contribution in [1.29, 1.82) is 0 Å². The largest absolute Gasteiger partial charge is 0.507 e. The molecule has 1 aromatic rings.